The lowest BCUT2D eigenvalue weighted by molar-refractivity contribution is -0.151. The Morgan fingerprint density at radius 2 is 1.38 bits per heavy atom. The van der Waals surface area contributed by atoms with E-state index in [1.54, 1.807) is 0 Å². The highest BCUT2D eigenvalue weighted by Crippen LogP contribution is 2.42. The second-order valence-corrected chi connectivity index (χ2v) is 12.1. The maximum atomic E-state index is 10.5. The molecule has 0 spiro atoms. The molecule has 2 N–H and O–H groups in total. The summed E-state index contributed by atoms with van der Waals surface area (Å²) in [6.07, 6.45) is -1.71. The van der Waals surface area contributed by atoms with E-state index in [-0.39, 0.29) is 12.7 Å². The molecule has 0 heterocycles. The number of rotatable bonds is 10. The fourth-order valence-electron chi connectivity index (χ4n) is 3.14. The van der Waals surface area contributed by atoms with Crippen molar-refractivity contribution in [1.82, 2.24) is 0 Å². The van der Waals surface area contributed by atoms with Crippen LogP contribution in [0, 0.1) is 0 Å². The minimum Gasteiger partial charge on any atom is -0.479 e. The lowest BCUT2D eigenvalue weighted by atomic mass is 10.4. The van der Waals surface area contributed by atoms with Crippen LogP contribution in [0.5, 0.6) is 0 Å². The van der Waals surface area contributed by atoms with E-state index >= 15 is 0 Å². The van der Waals surface area contributed by atoms with Gasteiger partial charge in [0, 0.05) is 0 Å². The SMILES string of the molecule is CC(C)[Si](OC[C@@H](C)OCC(O)C(=O)O)(C(C)C)C(C)C. The number of aliphatic hydroxyl groups is 1. The van der Waals surface area contributed by atoms with E-state index in [1.807, 2.05) is 6.92 Å². The van der Waals surface area contributed by atoms with Crippen LogP contribution >= 0.6 is 0 Å². The summed E-state index contributed by atoms with van der Waals surface area (Å²) in [4.78, 5) is 10.5. The highest BCUT2D eigenvalue weighted by Gasteiger charge is 2.45. The summed E-state index contributed by atoms with van der Waals surface area (Å²) in [6.45, 7) is 15.4. The predicted octanol–water partition coefficient (Wildman–Crippen LogP) is 3.03. The summed E-state index contributed by atoms with van der Waals surface area (Å²) < 4.78 is 11.7. The molecule has 0 saturated carbocycles. The van der Waals surface area contributed by atoms with Gasteiger partial charge in [0.05, 0.1) is 19.3 Å². The van der Waals surface area contributed by atoms with Gasteiger partial charge < -0.3 is 19.4 Å². The highest BCUT2D eigenvalue weighted by atomic mass is 28.4. The Morgan fingerprint density at radius 3 is 1.71 bits per heavy atom. The Bertz CT molecular complexity index is 295. The van der Waals surface area contributed by atoms with E-state index in [1.165, 1.54) is 0 Å². The predicted molar refractivity (Wildman–Crippen MR) is 86.1 cm³/mol. The van der Waals surface area contributed by atoms with Crippen molar-refractivity contribution in [1.29, 1.82) is 0 Å². The number of carboxylic acid groups (broad SMARTS) is 1. The molecule has 0 fully saturated rings. The standard InChI is InChI=1S/C15H32O5Si/c1-10(2)21(11(3)4,12(5)6)20-8-13(7)19-9-14(16)15(17)18/h10-14,16H,8-9H2,1-7H3,(H,17,18)/t13-,14?/m1/s1. The number of hydrogen-bond donors (Lipinski definition) is 2. The van der Waals surface area contributed by atoms with Gasteiger partial charge in [0.2, 0.25) is 0 Å². The van der Waals surface area contributed by atoms with Crippen molar-refractivity contribution in [2.75, 3.05) is 13.2 Å². The van der Waals surface area contributed by atoms with Crippen molar-refractivity contribution < 1.29 is 24.2 Å². The van der Waals surface area contributed by atoms with Crippen molar-refractivity contribution in [3.05, 3.63) is 0 Å². The summed E-state index contributed by atoms with van der Waals surface area (Å²) in [5.41, 5.74) is 1.48. The Labute approximate surface area is 129 Å². The van der Waals surface area contributed by atoms with Gasteiger partial charge in [0.25, 0.3) is 0 Å². The highest BCUT2D eigenvalue weighted by molar-refractivity contribution is 6.77. The normalized spacial score (nSPS) is 15.8. The first-order valence-corrected chi connectivity index (χ1v) is 9.86. The number of aliphatic carboxylic acids is 1. The quantitative estimate of drug-likeness (QED) is 0.605. The third-order valence-corrected chi connectivity index (χ3v) is 10.2. The first-order chi connectivity index (χ1) is 9.55. The maximum absolute atomic E-state index is 10.5. The van der Waals surface area contributed by atoms with Gasteiger partial charge in [-0.2, -0.15) is 0 Å². The summed E-state index contributed by atoms with van der Waals surface area (Å²) in [6, 6.07) is 0. The fourth-order valence-corrected chi connectivity index (χ4v) is 8.66. The van der Waals surface area contributed by atoms with Crippen molar-refractivity contribution in [2.24, 2.45) is 0 Å². The molecule has 1 unspecified atom stereocenters. The third-order valence-electron chi connectivity index (χ3n) is 4.10. The molecule has 2 atom stereocenters. The van der Waals surface area contributed by atoms with E-state index < -0.39 is 20.4 Å². The monoisotopic (exact) mass is 320 g/mol. The van der Waals surface area contributed by atoms with Gasteiger partial charge in [-0.05, 0) is 23.5 Å². The molecule has 21 heavy (non-hydrogen) atoms. The van der Waals surface area contributed by atoms with Crippen molar-refractivity contribution in [3.8, 4) is 0 Å². The van der Waals surface area contributed by atoms with Crippen molar-refractivity contribution in [3.63, 3.8) is 0 Å². The molecule has 6 heteroatoms. The molecule has 0 aliphatic carbocycles. The molecule has 0 aliphatic rings. The summed E-state index contributed by atoms with van der Waals surface area (Å²) in [5.74, 6) is -1.27. The molecule has 126 valence electrons. The zero-order valence-electron chi connectivity index (χ0n) is 14.4. The molecule has 0 radical (unpaired) electrons. The van der Waals surface area contributed by atoms with Gasteiger partial charge in [-0.3, -0.25) is 0 Å². The average molecular weight is 321 g/mol. The van der Waals surface area contributed by atoms with E-state index in [0.29, 0.717) is 23.2 Å². The number of ether oxygens (including phenoxy) is 1. The Balaban J connectivity index is 4.59. The van der Waals surface area contributed by atoms with E-state index in [4.69, 9.17) is 14.3 Å². The van der Waals surface area contributed by atoms with Gasteiger partial charge in [0.15, 0.2) is 14.4 Å². The molecule has 0 aromatic heterocycles. The van der Waals surface area contributed by atoms with E-state index in [2.05, 4.69) is 41.5 Å². The number of aliphatic hydroxyl groups excluding tert-OH is 1. The topological polar surface area (TPSA) is 76.0 Å². The zero-order valence-corrected chi connectivity index (χ0v) is 15.4. The Kier molecular flexibility index (Phi) is 8.69. The molecule has 0 aliphatic heterocycles. The Morgan fingerprint density at radius 1 is 0.952 bits per heavy atom. The second-order valence-electron chi connectivity index (χ2n) is 6.63. The first kappa shape index (κ1) is 20.6. The largest absolute Gasteiger partial charge is 0.479 e. The smallest absolute Gasteiger partial charge is 0.334 e. The van der Waals surface area contributed by atoms with Crippen LogP contribution in [-0.4, -0.2) is 49.9 Å². The molecule has 0 amide bonds. The fraction of sp³-hybridized carbons (Fsp3) is 0.933. The van der Waals surface area contributed by atoms with E-state index in [0.717, 1.165) is 0 Å². The average Bonchev–Trinajstić information content (AvgIpc) is 2.34. The maximum Gasteiger partial charge on any atom is 0.334 e. The minimum absolute atomic E-state index is 0.209. The third kappa shape index (κ3) is 5.69. The lowest BCUT2D eigenvalue weighted by Crippen LogP contribution is -2.49. The van der Waals surface area contributed by atoms with Gasteiger partial charge in [-0.1, -0.05) is 41.5 Å². The van der Waals surface area contributed by atoms with Crippen LogP contribution in [-0.2, 0) is 14.0 Å². The van der Waals surface area contributed by atoms with Gasteiger partial charge >= 0.3 is 5.97 Å². The molecule has 0 rings (SSSR count). The number of carboxylic acids is 1. The van der Waals surface area contributed by atoms with Crippen LogP contribution < -0.4 is 0 Å². The van der Waals surface area contributed by atoms with Crippen molar-refractivity contribution >= 4 is 14.3 Å². The number of hydrogen-bond acceptors (Lipinski definition) is 4. The number of carbonyl (C=O) groups is 1. The molecule has 0 bridgehead atoms. The van der Waals surface area contributed by atoms with E-state index in [9.17, 15) is 9.90 Å². The van der Waals surface area contributed by atoms with Gasteiger partial charge in [-0.25, -0.2) is 4.79 Å². The summed E-state index contributed by atoms with van der Waals surface area (Å²) in [5, 5.41) is 17.8. The molecule has 0 aromatic rings. The summed E-state index contributed by atoms with van der Waals surface area (Å²) >= 11 is 0. The van der Waals surface area contributed by atoms with Crippen LogP contribution in [0.3, 0.4) is 0 Å². The van der Waals surface area contributed by atoms with Crippen LogP contribution in [0.2, 0.25) is 16.6 Å². The van der Waals surface area contributed by atoms with Crippen LogP contribution in [0.25, 0.3) is 0 Å². The van der Waals surface area contributed by atoms with Crippen LogP contribution in [0.15, 0.2) is 0 Å². The molecular formula is C15H32O5Si. The molecule has 5 nitrogen and oxygen atoms in total. The lowest BCUT2D eigenvalue weighted by Gasteiger charge is -2.42. The second kappa shape index (κ2) is 8.88. The molecule has 0 aromatic carbocycles. The van der Waals surface area contributed by atoms with Crippen molar-refractivity contribution in [2.45, 2.75) is 77.3 Å². The first-order valence-electron chi connectivity index (χ1n) is 7.72. The molecular weight excluding hydrogens is 288 g/mol. The summed E-state index contributed by atoms with van der Waals surface area (Å²) in [7, 11) is -1.93. The Hall–Kier alpha value is -0.433. The van der Waals surface area contributed by atoms with Crippen LogP contribution in [0.4, 0.5) is 0 Å². The zero-order chi connectivity index (χ0) is 16.8. The van der Waals surface area contributed by atoms with Gasteiger partial charge in [-0.15, -0.1) is 0 Å². The minimum atomic E-state index is -1.93. The molecule has 0 saturated heterocycles. The van der Waals surface area contributed by atoms with Crippen LogP contribution in [0.1, 0.15) is 48.5 Å². The van der Waals surface area contributed by atoms with Gasteiger partial charge in [0.1, 0.15) is 0 Å².